The van der Waals surface area contributed by atoms with E-state index < -0.39 is 0 Å². The predicted octanol–water partition coefficient (Wildman–Crippen LogP) is 3.61. The molecule has 3 rings (SSSR count). The van der Waals surface area contributed by atoms with Gasteiger partial charge in [0.2, 0.25) is 0 Å². The van der Waals surface area contributed by atoms with Crippen LogP contribution >= 0.6 is 0 Å². The fraction of sp³-hybridized carbons (Fsp3) is 0.350. The van der Waals surface area contributed by atoms with Crippen LogP contribution in [0.5, 0.6) is 0 Å². The van der Waals surface area contributed by atoms with E-state index in [-0.39, 0.29) is 17.8 Å². The van der Waals surface area contributed by atoms with Crippen molar-refractivity contribution in [2.75, 3.05) is 19.7 Å². The highest BCUT2D eigenvalue weighted by Crippen LogP contribution is 2.32. The monoisotopic (exact) mass is 309 g/mol. The molecule has 3 heteroatoms. The first-order valence-corrected chi connectivity index (χ1v) is 8.32. The zero-order chi connectivity index (χ0) is 16.1. The Morgan fingerprint density at radius 2 is 1.78 bits per heavy atom. The summed E-state index contributed by atoms with van der Waals surface area (Å²) in [6.07, 6.45) is 0.966. The molecule has 1 aliphatic rings. The van der Waals surface area contributed by atoms with Gasteiger partial charge in [0, 0.05) is 6.54 Å². The van der Waals surface area contributed by atoms with Gasteiger partial charge in [0.05, 0.1) is 12.5 Å². The number of carbonyl (C=O) groups excluding carboxylic acids is 1. The Labute approximate surface area is 137 Å². The summed E-state index contributed by atoms with van der Waals surface area (Å²) in [5.74, 6) is 0.0586. The molecular formula is C20H23NO2. The van der Waals surface area contributed by atoms with Crippen LogP contribution in [0, 0.1) is 5.92 Å². The number of hydrogen-bond donors (Lipinski definition) is 1. The van der Waals surface area contributed by atoms with Crippen LogP contribution in [0.3, 0.4) is 0 Å². The topological polar surface area (TPSA) is 38.3 Å². The van der Waals surface area contributed by atoms with Crippen LogP contribution in [0.4, 0.5) is 0 Å². The summed E-state index contributed by atoms with van der Waals surface area (Å²) in [6.45, 7) is 3.94. The van der Waals surface area contributed by atoms with Crippen molar-refractivity contribution in [2.45, 2.75) is 19.3 Å². The van der Waals surface area contributed by atoms with Gasteiger partial charge < -0.3 is 10.1 Å². The van der Waals surface area contributed by atoms with Crippen molar-refractivity contribution in [3.8, 4) is 11.1 Å². The van der Waals surface area contributed by atoms with E-state index in [0.717, 1.165) is 13.0 Å². The summed E-state index contributed by atoms with van der Waals surface area (Å²) in [5, 5.41) is 3.31. The molecule has 0 saturated carbocycles. The lowest BCUT2D eigenvalue weighted by molar-refractivity contribution is -0.149. The summed E-state index contributed by atoms with van der Waals surface area (Å²) in [5.41, 5.74) is 3.64. The zero-order valence-corrected chi connectivity index (χ0v) is 13.5. The van der Waals surface area contributed by atoms with Crippen molar-refractivity contribution in [3.05, 3.63) is 60.2 Å². The molecule has 1 saturated heterocycles. The smallest absolute Gasteiger partial charge is 0.310 e. The lowest BCUT2D eigenvalue weighted by Gasteiger charge is -2.31. The molecule has 2 atom stereocenters. The number of ether oxygens (including phenoxy) is 1. The number of nitrogens with one attached hydrogen (secondary N) is 1. The van der Waals surface area contributed by atoms with Crippen molar-refractivity contribution >= 4 is 5.97 Å². The van der Waals surface area contributed by atoms with Crippen LogP contribution in [-0.2, 0) is 9.53 Å². The summed E-state index contributed by atoms with van der Waals surface area (Å²) >= 11 is 0. The molecule has 120 valence electrons. The molecule has 1 fully saturated rings. The van der Waals surface area contributed by atoms with Gasteiger partial charge in [-0.25, -0.2) is 0 Å². The number of esters is 1. The van der Waals surface area contributed by atoms with Gasteiger partial charge >= 0.3 is 5.97 Å². The maximum absolute atomic E-state index is 12.2. The molecule has 0 radical (unpaired) electrons. The number of carbonyl (C=O) groups is 1. The normalized spacial score (nSPS) is 20.9. The van der Waals surface area contributed by atoms with Crippen molar-refractivity contribution < 1.29 is 9.53 Å². The lowest BCUT2D eigenvalue weighted by Crippen LogP contribution is -2.40. The van der Waals surface area contributed by atoms with Crippen LogP contribution in [0.1, 0.15) is 24.8 Å². The summed E-state index contributed by atoms with van der Waals surface area (Å²) in [4.78, 5) is 12.2. The highest BCUT2D eigenvalue weighted by atomic mass is 16.5. The molecule has 2 unspecified atom stereocenters. The summed E-state index contributed by atoms with van der Waals surface area (Å²) < 4.78 is 5.25. The van der Waals surface area contributed by atoms with E-state index in [1.165, 1.54) is 16.7 Å². The van der Waals surface area contributed by atoms with Crippen LogP contribution < -0.4 is 5.32 Å². The van der Waals surface area contributed by atoms with E-state index in [1.54, 1.807) is 0 Å². The maximum Gasteiger partial charge on any atom is 0.310 e. The van der Waals surface area contributed by atoms with Crippen LogP contribution in [-0.4, -0.2) is 25.7 Å². The molecule has 2 aromatic carbocycles. The number of benzene rings is 2. The molecule has 0 aliphatic carbocycles. The third-order valence-corrected chi connectivity index (χ3v) is 4.52. The van der Waals surface area contributed by atoms with E-state index in [2.05, 4.69) is 41.7 Å². The standard InChI is InChI=1S/C20H23NO2/c1-2-23-20(22)19-14-21-13-12-18(19)17-10-8-16(9-11-17)15-6-4-3-5-7-15/h3-11,18-19,21H,2,12-14H2,1H3. The number of hydrogen-bond acceptors (Lipinski definition) is 3. The van der Waals surface area contributed by atoms with Crippen molar-refractivity contribution in [1.29, 1.82) is 0 Å². The largest absolute Gasteiger partial charge is 0.466 e. The third kappa shape index (κ3) is 3.62. The maximum atomic E-state index is 12.2. The van der Waals surface area contributed by atoms with Gasteiger partial charge in [0.1, 0.15) is 0 Å². The fourth-order valence-electron chi connectivity index (χ4n) is 3.31. The van der Waals surface area contributed by atoms with Gasteiger partial charge in [-0.3, -0.25) is 4.79 Å². The second-order valence-corrected chi connectivity index (χ2v) is 5.95. The second-order valence-electron chi connectivity index (χ2n) is 5.95. The fourth-order valence-corrected chi connectivity index (χ4v) is 3.31. The van der Waals surface area contributed by atoms with Gasteiger partial charge in [0.15, 0.2) is 0 Å². The molecule has 0 amide bonds. The molecule has 3 nitrogen and oxygen atoms in total. The van der Waals surface area contributed by atoms with E-state index >= 15 is 0 Å². The van der Waals surface area contributed by atoms with E-state index in [9.17, 15) is 4.79 Å². The summed E-state index contributed by atoms with van der Waals surface area (Å²) in [7, 11) is 0. The molecule has 1 heterocycles. The predicted molar refractivity (Wildman–Crippen MR) is 92.2 cm³/mol. The molecule has 0 spiro atoms. The first kappa shape index (κ1) is 15.8. The van der Waals surface area contributed by atoms with Gasteiger partial charge in [-0.1, -0.05) is 54.6 Å². The SMILES string of the molecule is CCOC(=O)C1CNCCC1c1ccc(-c2ccccc2)cc1. The Kier molecular flexibility index (Phi) is 5.09. The van der Waals surface area contributed by atoms with Crippen LogP contribution in [0.2, 0.25) is 0 Å². The van der Waals surface area contributed by atoms with E-state index in [1.807, 2.05) is 25.1 Å². The lowest BCUT2D eigenvalue weighted by atomic mass is 9.81. The Balaban J connectivity index is 1.81. The Bertz CT molecular complexity index is 636. The van der Waals surface area contributed by atoms with Crippen LogP contribution in [0.15, 0.2) is 54.6 Å². The molecule has 0 bridgehead atoms. The molecular weight excluding hydrogens is 286 g/mol. The Hall–Kier alpha value is -2.13. The zero-order valence-electron chi connectivity index (χ0n) is 13.5. The van der Waals surface area contributed by atoms with Gasteiger partial charge in [-0.05, 0) is 42.5 Å². The first-order valence-electron chi connectivity index (χ1n) is 8.32. The minimum absolute atomic E-state index is 0.0863. The number of piperidine rings is 1. The molecule has 0 aromatic heterocycles. The Morgan fingerprint density at radius 3 is 2.48 bits per heavy atom. The number of rotatable bonds is 4. The van der Waals surface area contributed by atoms with Gasteiger partial charge in [0.25, 0.3) is 0 Å². The van der Waals surface area contributed by atoms with Crippen LogP contribution in [0.25, 0.3) is 11.1 Å². The molecule has 1 aliphatic heterocycles. The van der Waals surface area contributed by atoms with Crippen molar-refractivity contribution in [3.63, 3.8) is 0 Å². The van der Waals surface area contributed by atoms with E-state index in [0.29, 0.717) is 13.2 Å². The van der Waals surface area contributed by atoms with E-state index in [4.69, 9.17) is 4.74 Å². The van der Waals surface area contributed by atoms with Crippen molar-refractivity contribution in [1.82, 2.24) is 5.32 Å². The average molecular weight is 309 g/mol. The second kappa shape index (κ2) is 7.42. The highest BCUT2D eigenvalue weighted by molar-refractivity contribution is 5.74. The van der Waals surface area contributed by atoms with Gasteiger partial charge in [-0.2, -0.15) is 0 Å². The summed E-state index contributed by atoms with van der Waals surface area (Å²) in [6, 6.07) is 19.0. The minimum Gasteiger partial charge on any atom is -0.466 e. The quantitative estimate of drug-likeness (QED) is 0.877. The average Bonchev–Trinajstić information content (AvgIpc) is 2.63. The van der Waals surface area contributed by atoms with Crippen molar-refractivity contribution in [2.24, 2.45) is 5.92 Å². The molecule has 1 N–H and O–H groups in total. The molecule has 23 heavy (non-hydrogen) atoms. The third-order valence-electron chi connectivity index (χ3n) is 4.52. The van der Waals surface area contributed by atoms with Gasteiger partial charge in [-0.15, -0.1) is 0 Å². The first-order chi connectivity index (χ1) is 11.3. The minimum atomic E-state index is -0.0914. The Morgan fingerprint density at radius 1 is 1.09 bits per heavy atom. The molecule has 2 aromatic rings. The highest BCUT2D eigenvalue weighted by Gasteiger charge is 2.32.